The Balaban J connectivity index is 1.84. The fraction of sp³-hybridized carbons (Fsp3) is 0.118. The van der Waals surface area contributed by atoms with Crippen LogP contribution in [0.1, 0.15) is 5.56 Å². The second-order valence-corrected chi connectivity index (χ2v) is 6.13. The molecule has 3 aromatic rings. The van der Waals surface area contributed by atoms with Crippen LogP contribution in [0.25, 0.3) is 11.4 Å². The summed E-state index contributed by atoms with van der Waals surface area (Å²) >= 11 is 11.2. The number of carbonyl (C=O) groups excluding carboxylic acids is 1. The number of para-hydroxylation sites is 1. The number of nitrogens with one attached hydrogen (secondary N) is 2. The third-order valence-electron chi connectivity index (χ3n) is 3.58. The zero-order chi connectivity index (χ0) is 17.1. The second-order valence-electron chi connectivity index (χ2n) is 5.31. The summed E-state index contributed by atoms with van der Waals surface area (Å²) in [5, 5.41) is 10.5. The van der Waals surface area contributed by atoms with Crippen molar-refractivity contribution in [3.63, 3.8) is 0 Å². The lowest BCUT2D eigenvalue weighted by atomic mass is 10.2. The summed E-state index contributed by atoms with van der Waals surface area (Å²) in [5.41, 5.74) is 2.61. The van der Waals surface area contributed by atoms with E-state index in [1.165, 1.54) is 0 Å². The van der Waals surface area contributed by atoms with Crippen molar-refractivity contribution in [3.05, 3.63) is 63.9 Å². The van der Waals surface area contributed by atoms with Crippen LogP contribution in [0.4, 0.5) is 5.69 Å². The predicted molar refractivity (Wildman–Crippen MR) is 97.7 cm³/mol. The Kier molecular flexibility index (Phi) is 4.78. The molecule has 3 rings (SSSR count). The number of hydrogen-bond acceptors (Lipinski definition) is 3. The number of anilines is 1. The van der Waals surface area contributed by atoms with Gasteiger partial charge in [-0.1, -0.05) is 29.8 Å². The lowest BCUT2D eigenvalue weighted by Gasteiger charge is -2.10. The Morgan fingerprint density at radius 3 is 2.67 bits per heavy atom. The van der Waals surface area contributed by atoms with Crippen LogP contribution in [0.3, 0.4) is 0 Å². The minimum absolute atomic E-state index is 0.0711. The van der Waals surface area contributed by atoms with E-state index in [0.717, 1.165) is 16.8 Å². The van der Waals surface area contributed by atoms with Crippen LogP contribution in [-0.4, -0.2) is 20.7 Å². The number of nitrogens with zero attached hydrogens (tertiary/aromatic N) is 2. The number of H-pyrrole nitrogens is 1. The molecule has 1 heterocycles. The summed E-state index contributed by atoms with van der Waals surface area (Å²) in [6.45, 7) is 2.01. The first-order valence-corrected chi connectivity index (χ1v) is 8.10. The number of aryl methyl sites for hydroxylation is 1. The van der Waals surface area contributed by atoms with E-state index in [1.54, 1.807) is 16.7 Å². The first-order chi connectivity index (χ1) is 11.5. The molecule has 0 fully saturated rings. The second kappa shape index (κ2) is 6.98. The van der Waals surface area contributed by atoms with Crippen LogP contribution >= 0.6 is 23.8 Å². The zero-order valence-electron chi connectivity index (χ0n) is 12.9. The van der Waals surface area contributed by atoms with E-state index in [1.807, 2.05) is 43.3 Å². The molecule has 1 amide bonds. The molecule has 24 heavy (non-hydrogen) atoms. The molecule has 5 nitrogen and oxygen atoms in total. The molecule has 0 aliphatic carbocycles. The van der Waals surface area contributed by atoms with Gasteiger partial charge >= 0.3 is 0 Å². The predicted octanol–water partition coefficient (Wildman–Crippen LogP) is 4.21. The molecule has 0 unspecified atom stereocenters. The van der Waals surface area contributed by atoms with E-state index in [4.69, 9.17) is 23.8 Å². The number of aromatic nitrogens is 3. The Bertz CT molecular complexity index is 930. The average Bonchev–Trinajstić information content (AvgIpc) is 2.91. The summed E-state index contributed by atoms with van der Waals surface area (Å²) in [4.78, 5) is 12.4. The summed E-state index contributed by atoms with van der Waals surface area (Å²) in [5.74, 6) is 0.425. The van der Waals surface area contributed by atoms with Gasteiger partial charge in [0.15, 0.2) is 10.6 Å². The van der Waals surface area contributed by atoms with Crippen LogP contribution in [-0.2, 0) is 11.3 Å². The number of hydrogen-bond donors (Lipinski definition) is 2. The monoisotopic (exact) mass is 358 g/mol. The van der Waals surface area contributed by atoms with Gasteiger partial charge in [0.25, 0.3) is 0 Å². The lowest BCUT2D eigenvalue weighted by molar-refractivity contribution is -0.116. The Hall–Kier alpha value is -2.44. The van der Waals surface area contributed by atoms with E-state index >= 15 is 0 Å². The lowest BCUT2D eigenvalue weighted by Crippen LogP contribution is -2.20. The number of benzene rings is 2. The van der Waals surface area contributed by atoms with Gasteiger partial charge in [-0.15, -0.1) is 0 Å². The maximum absolute atomic E-state index is 12.4. The van der Waals surface area contributed by atoms with Gasteiger partial charge in [0.05, 0.1) is 0 Å². The molecular weight excluding hydrogens is 344 g/mol. The van der Waals surface area contributed by atoms with Crippen molar-refractivity contribution in [3.8, 4) is 11.4 Å². The molecular formula is C17H15ClN4OS. The SMILES string of the molecule is Cc1ccccc1NC(=O)Cn1c(-c2ccc(Cl)cc2)n[nH]c1=S. The molecule has 0 aliphatic heterocycles. The number of carbonyl (C=O) groups is 1. The smallest absolute Gasteiger partial charge is 0.244 e. The molecule has 0 radical (unpaired) electrons. The van der Waals surface area contributed by atoms with Crippen LogP contribution in [0.2, 0.25) is 5.02 Å². The quantitative estimate of drug-likeness (QED) is 0.687. The number of amides is 1. The Morgan fingerprint density at radius 2 is 1.96 bits per heavy atom. The first kappa shape index (κ1) is 16.4. The molecule has 0 saturated carbocycles. The van der Waals surface area contributed by atoms with Crippen molar-refractivity contribution < 1.29 is 4.79 Å². The molecule has 122 valence electrons. The minimum atomic E-state index is -0.169. The van der Waals surface area contributed by atoms with Gasteiger partial charge in [-0.05, 0) is 55.0 Å². The van der Waals surface area contributed by atoms with E-state index in [2.05, 4.69) is 15.5 Å². The molecule has 7 heteroatoms. The fourth-order valence-electron chi connectivity index (χ4n) is 2.33. The fourth-order valence-corrected chi connectivity index (χ4v) is 2.65. The van der Waals surface area contributed by atoms with Crippen molar-refractivity contribution in [1.82, 2.24) is 14.8 Å². The number of halogens is 1. The van der Waals surface area contributed by atoms with Crippen molar-refractivity contribution in [2.75, 3.05) is 5.32 Å². The van der Waals surface area contributed by atoms with Crippen LogP contribution in [0.5, 0.6) is 0 Å². The molecule has 0 aliphatic rings. The molecule has 2 N–H and O–H groups in total. The number of rotatable bonds is 4. The maximum Gasteiger partial charge on any atom is 0.244 e. The highest BCUT2D eigenvalue weighted by atomic mass is 35.5. The first-order valence-electron chi connectivity index (χ1n) is 7.31. The third kappa shape index (κ3) is 3.55. The third-order valence-corrected chi connectivity index (χ3v) is 4.15. The van der Waals surface area contributed by atoms with E-state index in [0.29, 0.717) is 15.6 Å². The van der Waals surface area contributed by atoms with Crippen molar-refractivity contribution in [2.24, 2.45) is 0 Å². The van der Waals surface area contributed by atoms with Crippen LogP contribution in [0.15, 0.2) is 48.5 Å². The van der Waals surface area contributed by atoms with E-state index < -0.39 is 0 Å². The zero-order valence-corrected chi connectivity index (χ0v) is 14.5. The van der Waals surface area contributed by atoms with Crippen molar-refractivity contribution >= 4 is 35.4 Å². The van der Waals surface area contributed by atoms with Gasteiger partial charge in [-0.2, -0.15) is 5.10 Å². The minimum Gasteiger partial charge on any atom is -0.324 e. The highest BCUT2D eigenvalue weighted by Gasteiger charge is 2.13. The maximum atomic E-state index is 12.4. The van der Waals surface area contributed by atoms with Crippen LogP contribution in [0, 0.1) is 11.7 Å². The summed E-state index contributed by atoms with van der Waals surface area (Å²) in [7, 11) is 0. The van der Waals surface area contributed by atoms with Gasteiger partial charge < -0.3 is 5.32 Å². The highest BCUT2D eigenvalue weighted by molar-refractivity contribution is 7.71. The van der Waals surface area contributed by atoms with Crippen molar-refractivity contribution in [1.29, 1.82) is 0 Å². The van der Waals surface area contributed by atoms with E-state index in [-0.39, 0.29) is 12.5 Å². The normalized spacial score (nSPS) is 10.6. The largest absolute Gasteiger partial charge is 0.324 e. The van der Waals surface area contributed by atoms with Gasteiger partial charge in [-0.3, -0.25) is 14.5 Å². The molecule has 0 atom stereocenters. The average molecular weight is 359 g/mol. The standard InChI is InChI=1S/C17H15ClN4OS/c1-11-4-2-3-5-14(11)19-15(23)10-22-16(20-21-17(22)24)12-6-8-13(18)9-7-12/h2-9H,10H2,1H3,(H,19,23)(H,21,24). The molecule has 2 aromatic carbocycles. The molecule has 0 bridgehead atoms. The van der Waals surface area contributed by atoms with Gasteiger partial charge in [0.2, 0.25) is 5.91 Å². The van der Waals surface area contributed by atoms with Crippen LogP contribution < -0.4 is 5.32 Å². The Morgan fingerprint density at radius 1 is 1.25 bits per heavy atom. The number of aromatic amines is 1. The summed E-state index contributed by atoms with van der Waals surface area (Å²) in [6.07, 6.45) is 0. The molecule has 0 saturated heterocycles. The summed E-state index contributed by atoms with van der Waals surface area (Å²) in [6, 6.07) is 14.8. The van der Waals surface area contributed by atoms with E-state index in [9.17, 15) is 4.79 Å². The van der Waals surface area contributed by atoms with Gasteiger partial charge in [0.1, 0.15) is 6.54 Å². The summed E-state index contributed by atoms with van der Waals surface area (Å²) < 4.78 is 2.05. The van der Waals surface area contributed by atoms with Gasteiger partial charge in [-0.25, -0.2) is 0 Å². The van der Waals surface area contributed by atoms with Gasteiger partial charge in [0, 0.05) is 16.3 Å². The van der Waals surface area contributed by atoms with Crippen molar-refractivity contribution in [2.45, 2.75) is 13.5 Å². The topological polar surface area (TPSA) is 62.7 Å². The Labute approximate surface area is 149 Å². The highest BCUT2D eigenvalue weighted by Crippen LogP contribution is 2.20. The molecule has 0 spiro atoms. The molecule has 1 aromatic heterocycles.